The van der Waals surface area contributed by atoms with Gasteiger partial charge in [-0.15, -0.1) is 0 Å². The molecule has 1 saturated heterocycles. The highest BCUT2D eigenvalue weighted by Gasteiger charge is 2.35. The number of piperazine rings is 1. The van der Waals surface area contributed by atoms with E-state index in [4.69, 9.17) is 0 Å². The van der Waals surface area contributed by atoms with Crippen LogP contribution in [0.15, 0.2) is 30.5 Å². The predicted molar refractivity (Wildman–Crippen MR) is 106 cm³/mol. The Labute approximate surface area is 160 Å². The second-order valence-corrected chi connectivity index (χ2v) is 7.47. The highest BCUT2D eigenvalue weighted by atomic mass is 16.2. The first-order valence-electron chi connectivity index (χ1n) is 9.55. The number of carbonyl (C=O) groups is 2. The molecule has 2 heterocycles. The fraction of sp³-hybridized carbons (Fsp3) is 0.476. The Kier molecular flexibility index (Phi) is 5.35. The summed E-state index contributed by atoms with van der Waals surface area (Å²) in [7, 11) is 1.79. The van der Waals surface area contributed by atoms with Crippen LogP contribution in [0.2, 0.25) is 0 Å². The van der Waals surface area contributed by atoms with Gasteiger partial charge in [-0.3, -0.25) is 14.3 Å². The highest BCUT2D eigenvalue weighted by molar-refractivity contribution is 5.99. The normalized spacial score (nSPS) is 17.7. The first kappa shape index (κ1) is 19.1. The molecule has 0 unspecified atom stereocenters. The number of amides is 2. The Balaban J connectivity index is 1.91. The van der Waals surface area contributed by atoms with E-state index >= 15 is 0 Å². The number of hydrogen-bond donors (Lipinski definition) is 0. The summed E-state index contributed by atoms with van der Waals surface area (Å²) in [6.45, 7) is 9.24. The molecule has 0 N–H and O–H groups in total. The summed E-state index contributed by atoms with van der Waals surface area (Å²) in [5, 5.41) is 4.57. The molecule has 2 aromatic rings. The van der Waals surface area contributed by atoms with E-state index in [1.165, 1.54) is 0 Å². The maximum absolute atomic E-state index is 13.1. The molecule has 1 aliphatic heterocycles. The van der Waals surface area contributed by atoms with Crippen molar-refractivity contribution in [2.45, 2.75) is 46.2 Å². The number of carbonyl (C=O) groups excluding carboxylic acids is 2. The maximum atomic E-state index is 13.1. The number of aryl methyl sites for hydroxylation is 1. The molecular formula is C21H28N4O2. The Morgan fingerprint density at radius 3 is 2.67 bits per heavy atom. The lowest BCUT2D eigenvalue weighted by molar-refractivity contribution is -0.138. The Bertz CT molecular complexity index is 856. The van der Waals surface area contributed by atoms with Crippen molar-refractivity contribution in [1.29, 1.82) is 0 Å². The van der Waals surface area contributed by atoms with E-state index in [9.17, 15) is 9.59 Å². The van der Waals surface area contributed by atoms with Gasteiger partial charge in [0.15, 0.2) is 0 Å². The highest BCUT2D eigenvalue weighted by Crippen LogP contribution is 2.26. The van der Waals surface area contributed by atoms with Crippen LogP contribution in [0, 0.1) is 6.92 Å². The molecule has 144 valence electrons. The van der Waals surface area contributed by atoms with Crippen LogP contribution in [0.1, 0.15) is 49.3 Å². The minimum atomic E-state index is -0.384. The van der Waals surface area contributed by atoms with Crippen molar-refractivity contribution in [2.75, 3.05) is 20.1 Å². The molecule has 1 atom stereocenters. The van der Waals surface area contributed by atoms with Crippen LogP contribution in [0.5, 0.6) is 0 Å². The van der Waals surface area contributed by atoms with Gasteiger partial charge < -0.3 is 9.80 Å². The molecule has 6 heteroatoms. The Morgan fingerprint density at radius 1 is 1.30 bits per heavy atom. The smallest absolute Gasteiger partial charge is 0.254 e. The van der Waals surface area contributed by atoms with Crippen LogP contribution in [-0.2, 0) is 4.79 Å². The molecular weight excluding hydrogens is 340 g/mol. The molecule has 27 heavy (non-hydrogen) atoms. The Morgan fingerprint density at radius 2 is 2.04 bits per heavy atom. The van der Waals surface area contributed by atoms with Crippen LogP contribution in [0.4, 0.5) is 0 Å². The van der Waals surface area contributed by atoms with Gasteiger partial charge in [-0.2, -0.15) is 5.10 Å². The molecule has 1 aromatic carbocycles. The summed E-state index contributed by atoms with van der Waals surface area (Å²) in [6, 6.07) is 7.52. The third-order valence-electron chi connectivity index (χ3n) is 5.23. The minimum absolute atomic E-state index is 0.0160. The summed E-state index contributed by atoms with van der Waals surface area (Å²) in [5.41, 5.74) is 3.55. The van der Waals surface area contributed by atoms with Gasteiger partial charge in [-0.25, -0.2) is 0 Å². The van der Waals surface area contributed by atoms with E-state index in [1.807, 2.05) is 49.0 Å². The van der Waals surface area contributed by atoms with Gasteiger partial charge in [0, 0.05) is 43.5 Å². The molecule has 0 saturated carbocycles. The maximum Gasteiger partial charge on any atom is 0.254 e. The van der Waals surface area contributed by atoms with Crippen LogP contribution < -0.4 is 0 Å². The third-order valence-corrected chi connectivity index (χ3v) is 5.23. The van der Waals surface area contributed by atoms with Crippen LogP contribution in [-0.4, -0.2) is 57.6 Å². The summed E-state index contributed by atoms with van der Waals surface area (Å²) < 4.78 is 1.94. The van der Waals surface area contributed by atoms with Gasteiger partial charge in [0.1, 0.15) is 6.04 Å². The number of benzene rings is 1. The van der Waals surface area contributed by atoms with E-state index in [0.717, 1.165) is 16.8 Å². The Hall–Kier alpha value is -2.63. The summed E-state index contributed by atoms with van der Waals surface area (Å²) >= 11 is 0. The topological polar surface area (TPSA) is 58.4 Å². The van der Waals surface area contributed by atoms with Crippen LogP contribution >= 0.6 is 0 Å². The lowest BCUT2D eigenvalue weighted by Gasteiger charge is -2.38. The van der Waals surface area contributed by atoms with Crippen LogP contribution in [0.3, 0.4) is 0 Å². The average molecular weight is 368 g/mol. The van der Waals surface area contributed by atoms with Gasteiger partial charge in [-0.1, -0.05) is 19.1 Å². The summed E-state index contributed by atoms with van der Waals surface area (Å²) in [5.74, 6) is -0.0682. The molecule has 2 amide bonds. The number of aromatic nitrogens is 2. The standard InChI is InChI=1S/C21H28N4O2/c1-6-19-21(27)23(5)10-11-24(19)20(26)17-9-7-8-16(12-17)18-13-25(14(2)3)22-15(18)4/h7-9,12-14,19H,6,10-11H2,1-5H3/t19-/m1/s1. The van der Waals surface area contributed by atoms with Crippen molar-refractivity contribution < 1.29 is 9.59 Å². The molecule has 0 bridgehead atoms. The van der Waals surface area contributed by atoms with E-state index in [0.29, 0.717) is 25.1 Å². The van der Waals surface area contributed by atoms with Gasteiger partial charge in [0.2, 0.25) is 5.91 Å². The zero-order valence-corrected chi connectivity index (χ0v) is 16.8. The molecule has 1 fully saturated rings. The second-order valence-electron chi connectivity index (χ2n) is 7.47. The molecule has 1 aliphatic rings. The van der Waals surface area contributed by atoms with E-state index in [1.54, 1.807) is 16.8 Å². The predicted octanol–water partition coefficient (Wildman–Crippen LogP) is 3.13. The fourth-order valence-electron chi connectivity index (χ4n) is 3.56. The first-order chi connectivity index (χ1) is 12.8. The third kappa shape index (κ3) is 3.61. The number of likely N-dealkylation sites (N-methyl/N-ethyl adjacent to an activating group) is 1. The molecule has 3 rings (SSSR count). The second kappa shape index (κ2) is 7.55. The quantitative estimate of drug-likeness (QED) is 0.833. The van der Waals surface area contributed by atoms with Crippen molar-refractivity contribution in [3.05, 3.63) is 41.7 Å². The first-order valence-corrected chi connectivity index (χ1v) is 9.55. The monoisotopic (exact) mass is 368 g/mol. The summed E-state index contributed by atoms with van der Waals surface area (Å²) in [4.78, 5) is 29.0. The lowest BCUT2D eigenvalue weighted by atomic mass is 10.0. The van der Waals surface area contributed by atoms with Crippen molar-refractivity contribution in [3.8, 4) is 11.1 Å². The zero-order valence-electron chi connectivity index (χ0n) is 16.8. The van der Waals surface area contributed by atoms with Crippen molar-refractivity contribution in [1.82, 2.24) is 19.6 Å². The van der Waals surface area contributed by atoms with Gasteiger partial charge in [0.05, 0.1) is 5.69 Å². The molecule has 6 nitrogen and oxygen atoms in total. The SMILES string of the molecule is CC[C@@H]1C(=O)N(C)CCN1C(=O)c1cccc(-c2cn(C(C)C)nc2C)c1. The van der Waals surface area contributed by atoms with Gasteiger partial charge in [-0.05, 0) is 44.9 Å². The minimum Gasteiger partial charge on any atom is -0.342 e. The number of nitrogens with zero attached hydrogens (tertiary/aromatic N) is 4. The summed E-state index contributed by atoms with van der Waals surface area (Å²) in [6.07, 6.45) is 2.65. The van der Waals surface area contributed by atoms with Crippen LogP contribution in [0.25, 0.3) is 11.1 Å². The molecule has 0 spiro atoms. The average Bonchev–Trinajstić information content (AvgIpc) is 3.05. The van der Waals surface area contributed by atoms with Gasteiger partial charge in [0.25, 0.3) is 5.91 Å². The molecule has 1 aromatic heterocycles. The lowest BCUT2D eigenvalue weighted by Crippen LogP contribution is -2.57. The molecule has 0 radical (unpaired) electrons. The number of rotatable bonds is 4. The zero-order chi connectivity index (χ0) is 19.7. The van der Waals surface area contributed by atoms with Crippen molar-refractivity contribution >= 4 is 11.8 Å². The fourth-order valence-corrected chi connectivity index (χ4v) is 3.56. The largest absolute Gasteiger partial charge is 0.342 e. The van der Waals surface area contributed by atoms with Gasteiger partial charge >= 0.3 is 0 Å². The number of hydrogen-bond acceptors (Lipinski definition) is 3. The molecule has 0 aliphatic carbocycles. The van der Waals surface area contributed by atoms with E-state index in [-0.39, 0.29) is 23.9 Å². The van der Waals surface area contributed by atoms with E-state index in [2.05, 4.69) is 18.9 Å². The van der Waals surface area contributed by atoms with E-state index < -0.39 is 0 Å². The van der Waals surface area contributed by atoms with Crippen molar-refractivity contribution in [3.63, 3.8) is 0 Å². The van der Waals surface area contributed by atoms with Crippen molar-refractivity contribution in [2.24, 2.45) is 0 Å².